The summed E-state index contributed by atoms with van der Waals surface area (Å²) in [6.45, 7) is 1.72. The molecule has 0 radical (unpaired) electrons. The number of aromatic nitrogens is 3. The van der Waals surface area contributed by atoms with Crippen LogP contribution in [0.15, 0.2) is 46.2 Å². The van der Waals surface area contributed by atoms with Crippen LogP contribution in [-0.2, 0) is 6.54 Å². The molecule has 4 aromatic rings. The molecule has 4 heterocycles. The summed E-state index contributed by atoms with van der Waals surface area (Å²) in [4.78, 5) is 8.27. The van der Waals surface area contributed by atoms with Crippen LogP contribution in [0, 0.1) is 0 Å². The first-order valence-corrected chi connectivity index (χ1v) is 10.0. The van der Waals surface area contributed by atoms with Gasteiger partial charge in [0.15, 0.2) is 0 Å². The number of hydrogen-bond acceptors (Lipinski definition) is 7. The minimum atomic E-state index is 0.342. The highest BCUT2D eigenvalue weighted by Gasteiger charge is 2.30. The maximum Gasteiger partial charge on any atom is 0.257 e. The quantitative estimate of drug-likeness (QED) is 0.520. The molecule has 5 nitrogen and oxygen atoms in total. The Balaban J connectivity index is 1.38. The fraction of sp³-hybridized carbons (Fsp3) is 0.278. The molecule has 0 N–H and O–H groups in total. The molecule has 0 aliphatic carbocycles. The van der Waals surface area contributed by atoms with E-state index in [1.807, 2.05) is 23.6 Å². The van der Waals surface area contributed by atoms with E-state index in [0.29, 0.717) is 24.4 Å². The molecule has 3 aromatic heterocycles. The second-order valence-electron chi connectivity index (χ2n) is 6.13. The Bertz CT molecular complexity index is 959. The van der Waals surface area contributed by atoms with Gasteiger partial charge in [-0.2, -0.15) is 0 Å². The first kappa shape index (κ1) is 15.2. The lowest BCUT2D eigenvalue weighted by molar-refractivity contribution is 0.224. The lowest BCUT2D eigenvalue weighted by atomic mass is 10.2. The number of benzene rings is 1. The van der Waals surface area contributed by atoms with Crippen molar-refractivity contribution in [3.63, 3.8) is 0 Å². The van der Waals surface area contributed by atoms with E-state index in [9.17, 15) is 0 Å². The Hall–Kier alpha value is -2.09. The molecule has 25 heavy (non-hydrogen) atoms. The second kappa shape index (κ2) is 6.33. The number of fused-ring (bicyclic) bond motifs is 1. The number of thiazole rings is 1. The molecule has 0 spiro atoms. The zero-order valence-electron chi connectivity index (χ0n) is 13.5. The third kappa shape index (κ3) is 2.88. The summed E-state index contributed by atoms with van der Waals surface area (Å²) < 4.78 is 7.11. The third-order valence-electron chi connectivity index (χ3n) is 4.50. The molecule has 1 aliphatic rings. The van der Waals surface area contributed by atoms with Gasteiger partial charge in [0.05, 0.1) is 27.7 Å². The molecule has 1 aliphatic heterocycles. The normalized spacial score (nSPS) is 18.3. The predicted molar refractivity (Wildman–Crippen MR) is 99.6 cm³/mol. The van der Waals surface area contributed by atoms with Gasteiger partial charge in [-0.1, -0.05) is 18.2 Å². The van der Waals surface area contributed by atoms with Gasteiger partial charge in [0.25, 0.3) is 5.89 Å². The van der Waals surface area contributed by atoms with Crippen LogP contribution in [-0.4, -0.2) is 26.6 Å². The summed E-state index contributed by atoms with van der Waals surface area (Å²) >= 11 is 3.41. The van der Waals surface area contributed by atoms with Gasteiger partial charge in [0.1, 0.15) is 5.01 Å². The largest absolute Gasteiger partial charge is 0.419 e. The number of para-hydroxylation sites is 1. The maximum absolute atomic E-state index is 5.86. The van der Waals surface area contributed by atoms with Gasteiger partial charge in [-0.05, 0) is 43.0 Å². The Morgan fingerprint density at radius 3 is 3.00 bits per heavy atom. The number of rotatable bonds is 4. The molecule has 1 fully saturated rings. The van der Waals surface area contributed by atoms with Gasteiger partial charge in [0.2, 0.25) is 5.89 Å². The van der Waals surface area contributed by atoms with E-state index in [1.54, 1.807) is 22.7 Å². The highest BCUT2D eigenvalue weighted by molar-refractivity contribution is 7.18. The smallest absolute Gasteiger partial charge is 0.257 e. The summed E-state index contributed by atoms with van der Waals surface area (Å²) in [5, 5.41) is 11.6. The Morgan fingerprint density at radius 1 is 1.16 bits per heavy atom. The minimum absolute atomic E-state index is 0.342. The molecule has 126 valence electrons. The first-order valence-electron chi connectivity index (χ1n) is 8.32. The van der Waals surface area contributed by atoms with Crippen LogP contribution in [0.4, 0.5) is 0 Å². The first-order chi connectivity index (χ1) is 12.4. The van der Waals surface area contributed by atoms with Crippen molar-refractivity contribution >= 4 is 32.9 Å². The van der Waals surface area contributed by atoms with Crippen molar-refractivity contribution in [2.45, 2.75) is 25.4 Å². The summed E-state index contributed by atoms with van der Waals surface area (Å²) in [5.74, 6) is 1.29. The molecule has 1 atom stereocenters. The average molecular weight is 368 g/mol. The van der Waals surface area contributed by atoms with E-state index in [-0.39, 0.29) is 0 Å². The van der Waals surface area contributed by atoms with Crippen molar-refractivity contribution in [1.82, 2.24) is 20.1 Å². The SMILES string of the molecule is c1csc(-c2nnc(CN3CCCC3c3nc4ccccc4s3)o2)c1. The average Bonchev–Trinajstić information content (AvgIpc) is 3.41. The van der Waals surface area contributed by atoms with Gasteiger partial charge >= 0.3 is 0 Å². The van der Waals surface area contributed by atoms with E-state index in [2.05, 4.69) is 33.3 Å². The second-order valence-corrected chi connectivity index (χ2v) is 8.14. The zero-order chi connectivity index (χ0) is 16.6. The molecule has 7 heteroatoms. The van der Waals surface area contributed by atoms with Gasteiger partial charge in [0, 0.05) is 0 Å². The standard InChI is InChI=1S/C18H16N4OS2/c1-2-7-14-12(5-1)19-18(25-14)13-6-3-9-22(13)11-16-20-21-17(23-16)15-8-4-10-24-15/h1-2,4-5,7-8,10,13H,3,6,9,11H2. The van der Waals surface area contributed by atoms with E-state index < -0.39 is 0 Å². The predicted octanol–water partition coefficient (Wildman–Crippen LogP) is 4.74. The lowest BCUT2D eigenvalue weighted by Crippen LogP contribution is -2.22. The Labute approximate surface area is 153 Å². The van der Waals surface area contributed by atoms with Crippen LogP contribution in [0.5, 0.6) is 0 Å². The maximum atomic E-state index is 5.86. The van der Waals surface area contributed by atoms with Crippen LogP contribution >= 0.6 is 22.7 Å². The van der Waals surface area contributed by atoms with Crippen molar-refractivity contribution < 1.29 is 4.42 Å². The third-order valence-corrected chi connectivity index (χ3v) is 6.49. The summed E-state index contributed by atoms with van der Waals surface area (Å²) in [5.41, 5.74) is 1.09. The van der Waals surface area contributed by atoms with Crippen molar-refractivity contribution in [3.05, 3.63) is 52.7 Å². The summed E-state index contributed by atoms with van der Waals surface area (Å²) in [6.07, 6.45) is 2.30. The Kier molecular flexibility index (Phi) is 3.84. The van der Waals surface area contributed by atoms with Crippen molar-refractivity contribution in [3.8, 4) is 10.8 Å². The molecular formula is C18H16N4OS2. The number of nitrogens with zero attached hydrogens (tertiary/aromatic N) is 4. The molecular weight excluding hydrogens is 352 g/mol. The van der Waals surface area contributed by atoms with E-state index >= 15 is 0 Å². The molecule has 1 saturated heterocycles. The minimum Gasteiger partial charge on any atom is -0.419 e. The van der Waals surface area contributed by atoms with Crippen LogP contribution in [0.2, 0.25) is 0 Å². The molecule has 0 bridgehead atoms. The van der Waals surface area contributed by atoms with E-state index in [0.717, 1.165) is 23.4 Å². The summed E-state index contributed by atoms with van der Waals surface area (Å²) in [7, 11) is 0. The molecule has 0 amide bonds. The van der Waals surface area contributed by atoms with Crippen LogP contribution in [0.25, 0.3) is 21.0 Å². The van der Waals surface area contributed by atoms with Gasteiger partial charge in [-0.15, -0.1) is 32.9 Å². The summed E-state index contributed by atoms with van der Waals surface area (Å²) in [6, 6.07) is 12.7. The van der Waals surface area contributed by atoms with Crippen LogP contribution in [0.1, 0.15) is 29.8 Å². The van der Waals surface area contributed by atoms with Crippen molar-refractivity contribution in [1.29, 1.82) is 0 Å². The highest BCUT2D eigenvalue weighted by atomic mass is 32.1. The van der Waals surface area contributed by atoms with Gasteiger partial charge in [-0.25, -0.2) is 4.98 Å². The van der Waals surface area contributed by atoms with Crippen LogP contribution < -0.4 is 0 Å². The molecule has 1 aromatic carbocycles. The molecule has 5 rings (SSSR count). The Morgan fingerprint density at radius 2 is 2.12 bits per heavy atom. The lowest BCUT2D eigenvalue weighted by Gasteiger charge is -2.20. The molecule has 0 saturated carbocycles. The van der Waals surface area contributed by atoms with Gasteiger partial charge in [-0.3, -0.25) is 4.90 Å². The number of thiophene rings is 1. The van der Waals surface area contributed by atoms with E-state index in [1.165, 1.54) is 16.1 Å². The fourth-order valence-electron chi connectivity index (χ4n) is 3.32. The monoisotopic (exact) mass is 368 g/mol. The number of hydrogen-bond donors (Lipinski definition) is 0. The topological polar surface area (TPSA) is 55.1 Å². The number of likely N-dealkylation sites (tertiary alicyclic amines) is 1. The highest BCUT2D eigenvalue weighted by Crippen LogP contribution is 2.37. The van der Waals surface area contributed by atoms with E-state index in [4.69, 9.17) is 9.40 Å². The van der Waals surface area contributed by atoms with Crippen molar-refractivity contribution in [2.75, 3.05) is 6.54 Å². The zero-order valence-corrected chi connectivity index (χ0v) is 15.1. The van der Waals surface area contributed by atoms with Crippen LogP contribution in [0.3, 0.4) is 0 Å². The van der Waals surface area contributed by atoms with Crippen molar-refractivity contribution in [2.24, 2.45) is 0 Å². The fourth-order valence-corrected chi connectivity index (χ4v) is 5.10. The van der Waals surface area contributed by atoms with Gasteiger partial charge < -0.3 is 4.42 Å². The molecule has 1 unspecified atom stereocenters.